The van der Waals surface area contributed by atoms with E-state index in [0.717, 1.165) is 24.3 Å². The van der Waals surface area contributed by atoms with E-state index in [0.29, 0.717) is 6.61 Å². The molecule has 1 aromatic rings. The van der Waals surface area contributed by atoms with Gasteiger partial charge >= 0.3 is 0 Å². The SMILES string of the molecule is CCCNc1cc(NC(C)COC)cc([N+](=O)[O-])c1. The normalized spacial score (nSPS) is 11.9. The topological polar surface area (TPSA) is 76.4 Å². The maximum Gasteiger partial charge on any atom is 0.273 e. The average molecular weight is 267 g/mol. The first-order valence-electron chi connectivity index (χ1n) is 6.35. The molecule has 0 aliphatic heterocycles. The molecule has 6 heteroatoms. The van der Waals surface area contributed by atoms with Gasteiger partial charge in [-0.15, -0.1) is 0 Å². The molecule has 1 unspecified atom stereocenters. The number of benzene rings is 1. The van der Waals surface area contributed by atoms with E-state index in [9.17, 15) is 10.1 Å². The number of ether oxygens (including phenoxy) is 1. The van der Waals surface area contributed by atoms with E-state index in [1.54, 1.807) is 13.2 Å². The van der Waals surface area contributed by atoms with Crippen molar-refractivity contribution < 1.29 is 9.66 Å². The lowest BCUT2D eigenvalue weighted by atomic mass is 10.2. The molecular formula is C13H21N3O3. The molecule has 1 aromatic carbocycles. The molecule has 6 nitrogen and oxygen atoms in total. The van der Waals surface area contributed by atoms with Gasteiger partial charge in [-0.25, -0.2) is 0 Å². The quantitative estimate of drug-likeness (QED) is 0.559. The smallest absolute Gasteiger partial charge is 0.273 e. The maximum atomic E-state index is 10.9. The number of hydrogen-bond acceptors (Lipinski definition) is 5. The number of nitro benzene ring substituents is 1. The van der Waals surface area contributed by atoms with E-state index in [2.05, 4.69) is 10.6 Å². The van der Waals surface area contributed by atoms with Crippen LogP contribution in [-0.2, 0) is 4.74 Å². The maximum absolute atomic E-state index is 10.9. The number of methoxy groups -OCH3 is 1. The predicted molar refractivity (Wildman–Crippen MR) is 76.8 cm³/mol. The van der Waals surface area contributed by atoms with Crippen molar-refractivity contribution in [1.82, 2.24) is 0 Å². The highest BCUT2D eigenvalue weighted by atomic mass is 16.6. The lowest BCUT2D eigenvalue weighted by Gasteiger charge is -2.15. The number of rotatable bonds is 8. The van der Waals surface area contributed by atoms with Crippen LogP contribution in [0, 0.1) is 10.1 Å². The zero-order chi connectivity index (χ0) is 14.3. The molecule has 0 aliphatic carbocycles. The van der Waals surface area contributed by atoms with E-state index in [1.807, 2.05) is 19.9 Å². The summed E-state index contributed by atoms with van der Waals surface area (Å²) in [5, 5.41) is 17.3. The van der Waals surface area contributed by atoms with Crippen molar-refractivity contribution in [1.29, 1.82) is 0 Å². The summed E-state index contributed by atoms with van der Waals surface area (Å²) in [7, 11) is 1.62. The number of nitrogens with zero attached hydrogens (tertiary/aromatic N) is 1. The molecule has 0 aliphatic rings. The third-order valence-corrected chi connectivity index (χ3v) is 2.54. The minimum absolute atomic E-state index is 0.0771. The zero-order valence-electron chi connectivity index (χ0n) is 11.6. The fraction of sp³-hybridized carbons (Fsp3) is 0.538. The van der Waals surface area contributed by atoms with Crippen LogP contribution < -0.4 is 10.6 Å². The number of non-ortho nitro benzene ring substituents is 1. The van der Waals surface area contributed by atoms with Gasteiger partial charge < -0.3 is 15.4 Å². The summed E-state index contributed by atoms with van der Waals surface area (Å²) in [6.07, 6.45) is 0.964. The number of nitro groups is 1. The summed E-state index contributed by atoms with van der Waals surface area (Å²) < 4.78 is 5.04. The molecule has 0 spiro atoms. The minimum Gasteiger partial charge on any atom is -0.385 e. The molecule has 0 saturated heterocycles. The van der Waals surface area contributed by atoms with Crippen LogP contribution in [0.25, 0.3) is 0 Å². The van der Waals surface area contributed by atoms with E-state index < -0.39 is 0 Å². The van der Waals surface area contributed by atoms with Crippen molar-refractivity contribution in [3.05, 3.63) is 28.3 Å². The monoisotopic (exact) mass is 267 g/mol. The summed E-state index contributed by atoms with van der Waals surface area (Å²) in [6, 6.07) is 5.03. The molecule has 2 N–H and O–H groups in total. The van der Waals surface area contributed by atoms with Crippen molar-refractivity contribution in [2.24, 2.45) is 0 Å². The lowest BCUT2D eigenvalue weighted by molar-refractivity contribution is -0.384. The standard InChI is InChI=1S/C13H21N3O3/c1-4-5-14-11-6-12(15-10(2)9-19-3)8-13(7-11)16(17)18/h6-8,10,14-15H,4-5,9H2,1-3H3. The van der Waals surface area contributed by atoms with Crippen LogP contribution in [0.5, 0.6) is 0 Å². The largest absolute Gasteiger partial charge is 0.385 e. The van der Waals surface area contributed by atoms with Crippen LogP contribution >= 0.6 is 0 Å². The predicted octanol–water partition coefficient (Wildman–Crippen LogP) is 2.86. The zero-order valence-corrected chi connectivity index (χ0v) is 11.6. The number of anilines is 2. The Bertz CT molecular complexity index is 424. The number of nitrogens with one attached hydrogen (secondary N) is 2. The van der Waals surface area contributed by atoms with Gasteiger partial charge in [-0.2, -0.15) is 0 Å². The molecule has 0 bridgehead atoms. The summed E-state index contributed by atoms with van der Waals surface area (Å²) in [4.78, 5) is 10.5. The van der Waals surface area contributed by atoms with Gasteiger partial charge in [0.2, 0.25) is 0 Å². The van der Waals surface area contributed by atoms with Gasteiger partial charge in [0.05, 0.1) is 11.5 Å². The van der Waals surface area contributed by atoms with E-state index in [1.165, 1.54) is 6.07 Å². The molecule has 0 heterocycles. The third-order valence-electron chi connectivity index (χ3n) is 2.54. The van der Waals surface area contributed by atoms with Gasteiger partial charge in [0.1, 0.15) is 0 Å². The lowest BCUT2D eigenvalue weighted by Crippen LogP contribution is -2.20. The summed E-state index contributed by atoms with van der Waals surface area (Å²) in [6.45, 7) is 5.33. The molecule has 106 valence electrons. The first kappa shape index (κ1) is 15.2. The molecule has 0 saturated carbocycles. The fourth-order valence-electron chi connectivity index (χ4n) is 1.75. The van der Waals surface area contributed by atoms with Crippen LogP contribution in [0.2, 0.25) is 0 Å². The fourth-order valence-corrected chi connectivity index (χ4v) is 1.75. The van der Waals surface area contributed by atoms with Crippen molar-refractivity contribution in [3.8, 4) is 0 Å². The Morgan fingerprint density at radius 2 is 2.05 bits per heavy atom. The Labute approximate surface area is 113 Å². The van der Waals surface area contributed by atoms with Gasteiger partial charge in [0.25, 0.3) is 5.69 Å². The molecule has 1 atom stereocenters. The highest BCUT2D eigenvalue weighted by Crippen LogP contribution is 2.24. The second-order valence-electron chi connectivity index (χ2n) is 4.45. The van der Waals surface area contributed by atoms with Gasteiger partial charge in [-0.05, 0) is 19.4 Å². The second-order valence-corrected chi connectivity index (χ2v) is 4.45. The summed E-state index contributed by atoms with van der Waals surface area (Å²) >= 11 is 0. The van der Waals surface area contributed by atoms with Crippen LogP contribution in [-0.4, -0.2) is 31.2 Å². The van der Waals surface area contributed by atoms with Gasteiger partial charge in [0, 0.05) is 43.2 Å². The number of hydrogen-bond donors (Lipinski definition) is 2. The van der Waals surface area contributed by atoms with E-state index >= 15 is 0 Å². The Kier molecular flexibility index (Phi) is 6.08. The molecule has 0 fully saturated rings. The van der Waals surface area contributed by atoms with Crippen molar-refractivity contribution in [2.75, 3.05) is 30.9 Å². The Balaban J connectivity index is 2.89. The van der Waals surface area contributed by atoms with Gasteiger partial charge in [0.15, 0.2) is 0 Å². The third kappa shape index (κ3) is 5.13. The van der Waals surface area contributed by atoms with Gasteiger partial charge in [-0.1, -0.05) is 6.92 Å². The highest BCUT2D eigenvalue weighted by molar-refractivity contribution is 5.63. The Hall–Kier alpha value is -1.82. The molecule has 0 aromatic heterocycles. The summed E-state index contributed by atoms with van der Waals surface area (Å²) in [5.74, 6) is 0. The first-order valence-corrected chi connectivity index (χ1v) is 6.35. The second kappa shape index (κ2) is 7.58. The Morgan fingerprint density at radius 3 is 2.63 bits per heavy atom. The van der Waals surface area contributed by atoms with Crippen LogP contribution in [0.15, 0.2) is 18.2 Å². The Morgan fingerprint density at radius 1 is 1.37 bits per heavy atom. The van der Waals surface area contributed by atoms with Crippen molar-refractivity contribution in [2.45, 2.75) is 26.3 Å². The van der Waals surface area contributed by atoms with Crippen LogP contribution in [0.4, 0.5) is 17.1 Å². The van der Waals surface area contributed by atoms with E-state index in [-0.39, 0.29) is 16.7 Å². The first-order chi connectivity index (χ1) is 9.06. The highest BCUT2D eigenvalue weighted by Gasteiger charge is 2.11. The molecule has 1 rings (SSSR count). The molecule has 19 heavy (non-hydrogen) atoms. The molecule has 0 amide bonds. The molecular weight excluding hydrogens is 246 g/mol. The van der Waals surface area contributed by atoms with E-state index in [4.69, 9.17) is 4.74 Å². The van der Waals surface area contributed by atoms with Crippen LogP contribution in [0.3, 0.4) is 0 Å². The van der Waals surface area contributed by atoms with Crippen LogP contribution in [0.1, 0.15) is 20.3 Å². The minimum atomic E-state index is -0.386. The average Bonchev–Trinajstić information content (AvgIpc) is 2.36. The summed E-state index contributed by atoms with van der Waals surface area (Å²) in [5.41, 5.74) is 1.55. The molecule has 0 radical (unpaired) electrons. The van der Waals surface area contributed by atoms with Crippen molar-refractivity contribution >= 4 is 17.1 Å². The van der Waals surface area contributed by atoms with Crippen molar-refractivity contribution in [3.63, 3.8) is 0 Å². The van der Waals surface area contributed by atoms with Gasteiger partial charge in [-0.3, -0.25) is 10.1 Å².